The molecule has 4 aliphatic heterocycles. The Balaban J connectivity index is 1.36. The molecule has 4 aliphatic rings. The molecule has 0 radical (unpaired) electrons. The summed E-state index contributed by atoms with van der Waals surface area (Å²) < 4.78 is 25.5. The van der Waals surface area contributed by atoms with Gasteiger partial charge in [0.2, 0.25) is 0 Å². The van der Waals surface area contributed by atoms with Gasteiger partial charge in [-0.05, 0) is 47.4 Å². The van der Waals surface area contributed by atoms with Crippen molar-refractivity contribution in [1.29, 1.82) is 0 Å². The Morgan fingerprint density at radius 2 is 1.62 bits per heavy atom. The number of carbonyl (C=O) groups excluding carboxylic acids is 5. The van der Waals surface area contributed by atoms with Gasteiger partial charge in [-0.1, -0.05) is 84.6 Å². The molecule has 0 bridgehead atoms. The molecule has 1 unspecified atom stereocenters. The second-order valence-corrected chi connectivity index (χ2v) is 14.6. The van der Waals surface area contributed by atoms with E-state index in [4.69, 9.17) is 9.47 Å². The maximum atomic E-state index is 15.7. The summed E-state index contributed by atoms with van der Waals surface area (Å²) in [6.07, 6.45) is 0.481. The first-order valence-electron chi connectivity index (χ1n) is 16.8. The quantitative estimate of drug-likeness (QED) is 0.133. The van der Waals surface area contributed by atoms with Crippen LogP contribution in [-0.4, -0.2) is 64.5 Å². The van der Waals surface area contributed by atoms with Crippen molar-refractivity contribution in [1.82, 2.24) is 9.47 Å². The number of methoxy groups -OCH3 is 2. The van der Waals surface area contributed by atoms with Gasteiger partial charge in [-0.3, -0.25) is 28.6 Å². The van der Waals surface area contributed by atoms with Crippen LogP contribution in [0.3, 0.4) is 0 Å². The lowest BCUT2D eigenvalue weighted by molar-refractivity contribution is -0.153. The van der Waals surface area contributed by atoms with E-state index in [9.17, 15) is 14.4 Å². The standard InChI is InChI=1S/C40H30FN3O7S/c1-50-35(46)31(45)30-26-14-8-9-15-28(26)44-34(30)52-40(38(44)49)32(36(47)51-2)39(43-19-18-23-12-6-7-13-25(23)33(40)43)27-20-24(41)16-17-29(27)42(37(39)48)21-22-10-4-3-5-11-22/h3-17,20,32-33H,18-19,21H2,1-2H3/t32-,33?,39+,40-/m0/s1. The molecule has 12 heteroatoms. The minimum Gasteiger partial charge on any atom is -0.469 e. The molecule has 10 nitrogen and oxygen atoms in total. The lowest BCUT2D eigenvalue weighted by Gasteiger charge is -2.42. The van der Waals surface area contributed by atoms with Crippen molar-refractivity contribution in [2.75, 3.05) is 25.7 Å². The summed E-state index contributed by atoms with van der Waals surface area (Å²) >= 11 is 0.989. The molecule has 5 aromatic rings. The predicted octanol–water partition coefficient (Wildman–Crippen LogP) is 5.47. The van der Waals surface area contributed by atoms with Crippen molar-refractivity contribution in [3.05, 3.63) is 131 Å². The third-order valence-electron chi connectivity index (χ3n) is 11.1. The molecule has 2 spiro atoms. The number of thioether (sulfide) groups is 1. The number of rotatable bonds is 5. The van der Waals surface area contributed by atoms with Gasteiger partial charge in [0.15, 0.2) is 0 Å². The molecule has 52 heavy (non-hydrogen) atoms. The number of anilines is 1. The first kappa shape index (κ1) is 32.3. The topological polar surface area (TPSA) is 115 Å². The molecule has 0 saturated carbocycles. The Hall–Kier alpha value is -5.59. The molecule has 1 fully saturated rings. The maximum Gasteiger partial charge on any atom is 0.379 e. The zero-order chi connectivity index (χ0) is 36.1. The summed E-state index contributed by atoms with van der Waals surface area (Å²) in [7, 11) is 2.31. The summed E-state index contributed by atoms with van der Waals surface area (Å²) in [5, 5.41) is 0.520. The van der Waals surface area contributed by atoms with Crippen LogP contribution in [0.15, 0.2) is 102 Å². The van der Waals surface area contributed by atoms with Crippen molar-refractivity contribution in [2.24, 2.45) is 5.92 Å². The normalized spacial score (nSPS) is 24.2. The van der Waals surface area contributed by atoms with Crippen LogP contribution in [0.1, 0.15) is 43.4 Å². The van der Waals surface area contributed by atoms with Gasteiger partial charge >= 0.3 is 11.9 Å². The smallest absolute Gasteiger partial charge is 0.379 e. The number of aromatic nitrogens is 1. The molecular weight excluding hydrogens is 686 g/mol. The van der Waals surface area contributed by atoms with Crippen molar-refractivity contribution in [3.8, 4) is 0 Å². The van der Waals surface area contributed by atoms with E-state index in [0.29, 0.717) is 23.0 Å². The number of fused-ring (bicyclic) bond motifs is 10. The predicted molar refractivity (Wildman–Crippen MR) is 188 cm³/mol. The van der Waals surface area contributed by atoms with Gasteiger partial charge in [-0.25, -0.2) is 9.18 Å². The third-order valence-corrected chi connectivity index (χ3v) is 12.6. The number of halogens is 1. The number of carbonyl (C=O) groups is 5. The fourth-order valence-corrected chi connectivity index (χ4v) is 11.0. The number of benzene rings is 4. The highest BCUT2D eigenvalue weighted by Gasteiger charge is 2.81. The van der Waals surface area contributed by atoms with Crippen LogP contribution in [0, 0.1) is 11.7 Å². The minimum absolute atomic E-state index is 0.0345. The Bertz CT molecular complexity index is 2410. The number of nitrogens with zero attached hydrogens (tertiary/aromatic N) is 3. The van der Waals surface area contributed by atoms with Crippen molar-refractivity contribution >= 4 is 57.9 Å². The lowest BCUT2D eigenvalue weighted by atomic mass is 9.73. The first-order valence-corrected chi connectivity index (χ1v) is 17.6. The molecule has 4 aromatic carbocycles. The molecule has 260 valence electrons. The maximum absolute atomic E-state index is 15.7. The zero-order valence-corrected chi connectivity index (χ0v) is 28.8. The Morgan fingerprint density at radius 1 is 0.885 bits per heavy atom. The number of para-hydroxylation sites is 1. The molecule has 1 saturated heterocycles. The molecule has 1 aromatic heterocycles. The minimum atomic E-state index is -1.90. The van der Waals surface area contributed by atoms with Crippen LogP contribution in [0.2, 0.25) is 0 Å². The summed E-state index contributed by atoms with van der Waals surface area (Å²) in [5.41, 5.74) is 1.56. The van der Waals surface area contributed by atoms with Gasteiger partial charge in [0.25, 0.3) is 17.6 Å². The second kappa shape index (κ2) is 11.5. The number of hydrogen-bond acceptors (Lipinski definition) is 9. The van der Waals surface area contributed by atoms with E-state index in [1.807, 2.05) is 59.5 Å². The first-order chi connectivity index (χ1) is 25.2. The van der Waals surface area contributed by atoms with E-state index < -0.39 is 57.6 Å². The Morgan fingerprint density at radius 3 is 2.38 bits per heavy atom. The Labute approximate surface area is 301 Å². The highest BCUT2D eigenvalue weighted by molar-refractivity contribution is 8.02. The van der Waals surface area contributed by atoms with Gasteiger partial charge in [-0.15, -0.1) is 0 Å². The largest absolute Gasteiger partial charge is 0.469 e. The fraction of sp³-hybridized carbons (Fsp3) is 0.225. The Kier molecular flexibility index (Phi) is 7.12. The molecular formula is C40H30FN3O7S. The van der Waals surface area contributed by atoms with E-state index in [1.165, 1.54) is 23.8 Å². The summed E-state index contributed by atoms with van der Waals surface area (Å²) in [4.78, 5) is 76.0. The summed E-state index contributed by atoms with van der Waals surface area (Å²) in [6, 6.07) is 26.8. The van der Waals surface area contributed by atoms with Gasteiger partial charge in [0.1, 0.15) is 22.0 Å². The zero-order valence-electron chi connectivity index (χ0n) is 28.0. The number of amides is 1. The van der Waals surface area contributed by atoms with Crippen LogP contribution in [0.4, 0.5) is 10.1 Å². The number of esters is 2. The van der Waals surface area contributed by atoms with Crippen molar-refractivity contribution in [2.45, 2.75) is 34.3 Å². The van der Waals surface area contributed by atoms with Gasteiger partial charge in [0, 0.05) is 23.2 Å². The third kappa shape index (κ3) is 3.96. The van der Waals surface area contributed by atoms with E-state index in [0.717, 1.165) is 35.6 Å². The van der Waals surface area contributed by atoms with E-state index in [-0.39, 0.29) is 29.2 Å². The molecule has 5 heterocycles. The van der Waals surface area contributed by atoms with E-state index in [1.54, 1.807) is 35.2 Å². The number of ether oxygens (including phenoxy) is 2. The number of hydrogen-bond donors (Lipinski definition) is 0. The molecule has 0 aliphatic carbocycles. The number of Topliss-reactive ketones (excluding diaryl/α,β-unsaturated/α-hetero) is 1. The van der Waals surface area contributed by atoms with Gasteiger partial charge in [-0.2, -0.15) is 0 Å². The van der Waals surface area contributed by atoms with Gasteiger partial charge < -0.3 is 14.4 Å². The summed E-state index contributed by atoms with van der Waals surface area (Å²) in [5.74, 6) is -6.10. The van der Waals surface area contributed by atoms with Crippen LogP contribution in [-0.2, 0) is 42.4 Å². The van der Waals surface area contributed by atoms with Gasteiger partial charge in [0.05, 0.1) is 42.9 Å². The SMILES string of the molecule is COC(=O)C(=O)c1c2n(c3ccccc13)C(=O)[C@@]1(S2)C2c3ccccc3CCN2[C@@]2(C(=O)N(Cc3ccccc3)c3ccc(F)cc32)[C@@H]1C(=O)OC. The lowest BCUT2D eigenvalue weighted by Crippen LogP contribution is -2.57. The van der Waals surface area contributed by atoms with Crippen molar-refractivity contribution in [3.63, 3.8) is 0 Å². The van der Waals surface area contributed by atoms with Crippen LogP contribution in [0.5, 0.6) is 0 Å². The fourth-order valence-electron chi connectivity index (χ4n) is 9.13. The molecule has 9 rings (SSSR count). The number of ketones is 1. The van der Waals surface area contributed by atoms with Crippen LogP contribution >= 0.6 is 11.8 Å². The highest BCUT2D eigenvalue weighted by atomic mass is 32.2. The van der Waals surface area contributed by atoms with Crippen LogP contribution < -0.4 is 4.90 Å². The summed E-state index contributed by atoms with van der Waals surface area (Å²) in [6.45, 7) is 0.370. The second-order valence-electron chi connectivity index (χ2n) is 13.4. The molecule has 4 atom stereocenters. The molecule has 0 N–H and O–H groups in total. The molecule has 1 amide bonds. The van der Waals surface area contributed by atoms with Crippen molar-refractivity contribution < 1.29 is 37.8 Å². The monoisotopic (exact) mass is 715 g/mol. The highest BCUT2D eigenvalue weighted by Crippen LogP contribution is 2.71. The average Bonchev–Trinajstić information content (AvgIpc) is 3.82. The van der Waals surface area contributed by atoms with E-state index >= 15 is 14.0 Å². The van der Waals surface area contributed by atoms with E-state index in [2.05, 4.69) is 0 Å². The average molecular weight is 716 g/mol. The van der Waals surface area contributed by atoms with Crippen LogP contribution in [0.25, 0.3) is 10.9 Å².